The number of halogens is 1. The van der Waals surface area contributed by atoms with Gasteiger partial charge in [-0.1, -0.05) is 0 Å². The van der Waals surface area contributed by atoms with E-state index in [-0.39, 0.29) is 0 Å². The molecule has 2 aromatic rings. The lowest BCUT2D eigenvalue weighted by molar-refractivity contribution is 0.112. The molecule has 0 aliphatic heterocycles. The normalized spacial score (nSPS) is 10.0. The zero-order valence-electron chi connectivity index (χ0n) is 6.95. The molecule has 1 aromatic heterocycles. The molecule has 0 aliphatic rings. The van der Waals surface area contributed by atoms with Crippen LogP contribution in [0.1, 0.15) is 15.2 Å². The molecule has 0 N–H and O–H groups in total. The van der Waals surface area contributed by atoms with Crippen LogP contribution >= 0.6 is 33.9 Å². The van der Waals surface area contributed by atoms with Crippen LogP contribution in [-0.4, -0.2) is 6.29 Å². The molecule has 0 radical (unpaired) electrons. The first kappa shape index (κ1) is 9.62. The second-order valence-electron chi connectivity index (χ2n) is 2.72. The smallest absolute Gasteiger partial charge is 0.151 e. The molecular formula is C10H4INOS. The minimum atomic E-state index is 0.646. The molecule has 0 fully saturated rings. The zero-order chi connectivity index (χ0) is 10.1. The van der Waals surface area contributed by atoms with E-state index in [9.17, 15) is 4.79 Å². The fourth-order valence-electron chi connectivity index (χ4n) is 1.26. The number of carbonyl (C=O) groups excluding carboxylic acids is 1. The van der Waals surface area contributed by atoms with Crippen LogP contribution in [0.3, 0.4) is 0 Å². The van der Waals surface area contributed by atoms with Gasteiger partial charge in [-0.3, -0.25) is 4.79 Å². The molecule has 0 unspecified atom stereocenters. The van der Waals surface area contributed by atoms with Gasteiger partial charge in [0.05, 0.1) is 0 Å². The van der Waals surface area contributed by atoms with E-state index in [2.05, 4.69) is 28.7 Å². The van der Waals surface area contributed by atoms with Gasteiger partial charge in [-0.2, -0.15) is 5.26 Å². The van der Waals surface area contributed by atoms with Crippen molar-refractivity contribution in [2.75, 3.05) is 0 Å². The summed E-state index contributed by atoms with van der Waals surface area (Å²) in [6.45, 7) is 0. The van der Waals surface area contributed by atoms with Gasteiger partial charge < -0.3 is 0 Å². The molecule has 0 spiro atoms. The van der Waals surface area contributed by atoms with Crippen LogP contribution in [0.25, 0.3) is 10.1 Å². The number of nitrogens with zero attached hydrogens (tertiary/aromatic N) is 1. The summed E-state index contributed by atoms with van der Waals surface area (Å²) in [5.74, 6) is 0. The molecular weight excluding hydrogens is 309 g/mol. The molecule has 0 saturated heterocycles. The van der Waals surface area contributed by atoms with Crippen LogP contribution in [-0.2, 0) is 0 Å². The van der Waals surface area contributed by atoms with E-state index in [0.29, 0.717) is 10.4 Å². The average molecular weight is 313 g/mol. The van der Waals surface area contributed by atoms with Crippen molar-refractivity contribution in [2.24, 2.45) is 0 Å². The predicted octanol–water partition coefficient (Wildman–Crippen LogP) is 3.19. The highest BCUT2D eigenvalue weighted by Crippen LogP contribution is 2.31. The number of rotatable bonds is 1. The summed E-state index contributed by atoms with van der Waals surface area (Å²) in [7, 11) is 0. The minimum Gasteiger partial charge on any atom is -0.298 e. The molecule has 0 amide bonds. The van der Waals surface area contributed by atoms with Crippen molar-refractivity contribution >= 4 is 50.3 Å². The molecule has 68 valence electrons. The van der Waals surface area contributed by atoms with Crippen molar-refractivity contribution in [3.8, 4) is 6.07 Å². The number of hydrogen-bond donors (Lipinski definition) is 0. The van der Waals surface area contributed by atoms with Gasteiger partial charge in [-0.05, 0) is 40.8 Å². The van der Waals surface area contributed by atoms with Gasteiger partial charge in [-0.25, -0.2) is 0 Å². The molecule has 0 atom stereocenters. The van der Waals surface area contributed by atoms with Crippen molar-refractivity contribution in [2.45, 2.75) is 0 Å². The maximum atomic E-state index is 10.8. The molecule has 1 aromatic carbocycles. The highest BCUT2D eigenvalue weighted by atomic mass is 127. The molecule has 0 bridgehead atoms. The second kappa shape index (κ2) is 3.67. The number of hydrogen-bond acceptors (Lipinski definition) is 3. The summed E-state index contributed by atoms with van der Waals surface area (Å²) in [6, 6.07) is 7.60. The lowest BCUT2D eigenvalue weighted by atomic mass is 10.2. The van der Waals surface area contributed by atoms with E-state index in [1.165, 1.54) is 11.3 Å². The SMILES string of the molecule is N#Cc1cc2c(I)ccc(C=O)c2s1. The summed E-state index contributed by atoms with van der Waals surface area (Å²) in [4.78, 5) is 11.4. The van der Waals surface area contributed by atoms with E-state index >= 15 is 0 Å². The number of carbonyl (C=O) groups is 1. The molecule has 2 rings (SSSR count). The molecule has 0 saturated carbocycles. The highest BCUT2D eigenvalue weighted by Gasteiger charge is 2.08. The monoisotopic (exact) mass is 313 g/mol. The van der Waals surface area contributed by atoms with E-state index in [0.717, 1.165) is 19.9 Å². The predicted molar refractivity (Wildman–Crippen MR) is 64.6 cm³/mol. The topological polar surface area (TPSA) is 40.9 Å². The fraction of sp³-hybridized carbons (Fsp3) is 0. The first-order valence-corrected chi connectivity index (χ1v) is 5.73. The Morgan fingerprint density at radius 1 is 1.50 bits per heavy atom. The summed E-state index contributed by atoms with van der Waals surface area (Å²) in [6.07, 6.45) is 0.829. The summed E-state index contributed by atoms with van der Waals surface area (Å²) in [5.41, 5.74) is 0.659. The van der Waals surface area contributed by atoms with Gasteiger partial charge in [0, 0.05) is 19.2 Å². The van der Waals surface area contributed by atoms with Crippen molar-refractivity contribution in [1.82, 2.24) is 0 Å². The van der Waals surface area contributed by atoms with E-state index < -0.39 is 0 Å². The van der Waals surface area contributed by atoms with Crippen LogP contribution in [0.5, 0.6) is 0 Å². The van der Waals surface area contributed by atoms with Gasteiger partial charge in [0.15, 0.2) is 6.29 Å². The Balaban J connectivity index is 2.89. The second-order valence-corrected chi connectivity index (χ2v) is 4.93. The first-order chi connectivity index (χ1) is 6.76. The molecule has 0 aliphatic carbocycles. The van der Waals surface area contributed by atoms with Gasteiger partial charge in [0.2, 0.25) is 0 Å². The minimum absolute atomic E-state index is 0.646. The number of aldehydes is 1. The lowest BCUT2D eigenvalue weighted by Gasteiger charge is -1.95. The first-order valence-electron chi connectivity index (χ1n) is 3.83. The number of thiophene rings is 1. The average Bonchev–Trinajstić information content (AvgIpc) is 2.63. The van der Waals surface area contributed by atoms with Gasteiger partial charge >= 0.3 is 0 Å². The van der Waals surface area contributed by atoms with Gasteiger partial charge in [0.25, 0.3) is 0 Å². The van der Waals surface area contributed by atoms with E-state index in [1.807, 2.05) is 12.1 Å². The van der Waals surface area contributed by atoms with Crippen molar-refractivity contribution in [1.29, 1.82) is 5.26 Å². The van der Waals surface area contributed by atoms with Crippen LogP contribution in [0, 0.1) is 14.9 Å². The van der Waals surface area contributed by atoms with Gasteiger partial charge in [0.1, 0.15) is 10.9 Å². The Morgan fingerprint density at radius 3 is 2.93 bits per heavy atom. The Hall–Kier alpha value is -0.930. The Labute approximate surface area is 98.3 Å². The summed E-state index contributed by atoms with van der Waals surface area (Å²) < 4.78 is 1.98. The molecule has 14 heavy (non-hydrogen) atoms. The van der Waals surface area contributed by atoms with Crippen LogP contribution in [0.2, 0.25) is 0 Å². The molecule has 4 heteroatoms. The van der Waals surface area contributed by atoms with Gasteiger partial charge in [-0.15, -0.1) is 11.3 Å². The maximum absolute atomic E-state index is 10.8. The van der Waals surface area contributed by atoms with E-state index in [4.69, 9.17) is 5.26 Å². The summed E-state index contributed by atoms with van der Waals surface area (Å²) >= 11 is 3.57. The molecule has 1 heterocycles. The standard InChI is InChI=1S/C10H4INOS/c11-9-2-1-6(5-13)10-8(9)3-7(4-12)14-10/h1-3,5H. The Bertz CT molecular complexity index is 553. The fourth-order valence-corrected chi connectivity index (χ4v) is 3.00. The van der Waals surface area contributed by atoms with Crippen LogP contribution < -0.4 is 0 Å². The van der Waals surface area contributed by atoms with Crippen LogP contribution in [0.4, 0.5) is 0 Å². The van der Waals surface area contributed by atoms with E-state index in [1.54, 1.807) is 6.07 Å². The third-order valence-electron chi connectivity index (χ3n) is 1.90. The zero-order valence-corrected chi connectivity index (χ0v) is 9.93. The third-order valence-corrected chi connectivity index (χ3v) is 3.93. The maximum Gasteiger partial charge on any atom is 0.151 e. The Kier molecular flexibility index (Phi) is 2.52. The highest BCUT2D eigenvalue weighted by molar-refractivity contribution is 14.1. The Morgan fingerprint density at radius 2 is 2.29 bits per heavy atom. The van der Waals surface area contributed by atoms with Crippen molar-refractivity contribution in [3.05, 3.63) is 32.2 Å². The van der Waals surface area contributed by atoms with Crippen molar-refractivity contribution < 1.29 is 4.79 Å². The quantitative estimate of drug-likeness (QED) is 0.599. The number of benzene rings is 1. The molecule has 2 nitrogen and oxygen atoms in total. The lowest BCUT2D eigenvalue weighted by Crippen LogP contribution is -1.80. The summed E-state index contributed by atoms with van der Waals surface area (Å²) in [5, 5.41) is 9.76. The largest absolute Gasteiger partial charge is 0.298 e. The number of nitriles is 1. The van der Waals surface area contributed by atoms with Crippen molar-refractivity contribution in [3.63, 3.8) is 0 Å². The van der Waals surface area contributed by atoms with Crippen LogP contribution in [0.15, 0.2) is 18.2 Å². The third kappa shape index (κ3) is 1.42. The number of fused-ring (bicyclic) bond motifs is 1.